The van der Waals surface area contributed by atoms with Crippen LogP contribution in [-0.2, 0) is 20.8 Å². The van der Waals surface area contributed by atoms with Crippen molar-refractivity contribution >= 4 is 0 Å². The summed E-state index contributed by atoms with van der Waals surface area (Å²) in [4.78, 5) is 2.51. The Kier molecular flexibility index (Phi) is 5.25. The fourth-order valence-electron chi connectivity index (χ4n) is 3.47. The van der Waals surface area contributed by atoms with E-state index in [1.807, 2.05) is 6.07 Å². The van der Waals surface area contributed by atoms with Gasteiger partial charge in [0.05, 0.1) is 32.0 Å². The Hall–Kier alpha value is -0.940. The monoisotopic (exact) mass is 291 g/mol. The van der Waals surface area contributed by atoms with E-state index in [1.165, 1.54) is 12.0 Å². The summed E-state index contributed by atoms with van der Waals surface area (Å²) in [7, 11) is 1.79. The Balaban J connectivity index is 1.43. The molecule has 0 bridgehead atoms. The highest BCUT2D eigenvalue weighted by Crippen LogP contribution is 2.31. The molecule has 1 aliphatic heterocycles. The van der Waals surface area contributed by atoms with Crippen LogP contribution in [0.1, 0.15) is 18.4 Å². The SMILES string of the molecule is CO[C@@H]1CC[C@H]2[C@H]1OCCN2CCOCc1ccccc1. The fraction of sp³-hybridized carbons (Fsp3) is 0.647. The number of hydrogen-bond acceptors (Lipinski definition) is 4. The first-order chi connectivity index (χ1) is 10.4. The van der Waals surface area contributed by atoms with Crippen molar-refractivity contribution in [2.75, 3.05) is 33.4 Å². The molecule has 1 aromatic carbocycles. The van der Waals surface area contributed by atoms with E-state index in [1.54, 1.807) is 7.11 Å². The summed E-state index contributed by atoms with van der Waals surface area (Å²) in [6, 6.07) is 10.8. The molecule has 1 aliphatic carbocycles. The number of morpholine rings is 1. The lowest BCUT2D eigenvalue weighted by Crippen LogP contribution is -2.52. The first-order valence-electron chi connectivity index (χ1n) is 7.88. The predicted molar refractivity (Wildman–Crippen MR) is 81.2 cm³/mol. The van der Waals surface area contributed by atoms with Crippen LogP contribution in [0.15, 0.2) is 30.3 Å². The van der Waals surface area contributed by atoms with Crippen LogP contribution >= 0.6 is 0 Å². The summed E-state index contributed by atoms with van der Waals surface area (Å²) in [6.45, 7) is 4.26. The molecule has 1 saturated heterocycles. The van der Waals surface area contributed by atoms with Gasteiger partial charge in [-0.15, -0.1) is 0 Å². The minimum atomic E-state index is 0.248. The van der Waals surface area contributed by atoms with E-state index >= 15 is 0 Å². The summed E-state index contributed by atoms with van der Waals surface area (Å²) >= 11 is 0. The summed E-state index contributed by atoms with van der Waals surface area (Å²) in [5.74, 6) is 0. The Morgan fingerprint density at radius 3 is 2.90 bits per heavy atom. The van der Waals surface area contributed by atoms with Crippen LogP contribution in [-0.4, -0.2) is 56.6 Å². The van der Waals surface area contributed by atoms with E-state index in [0.29, 0.717) is 12.6 Å². The first kappa shape index (κ1) is 15.0. The van der Waals surface area contributed by atoms with Crippen molar-refractivity contribution in [3.05, 3.63) is 35.9 Å². The highest BCUT2D eigenvalue weighted by molar-refractivity contribution is 5.13. The average molecular weight is 291 g/mol. The van der Waals surface area contributed by atoms with E-state index in [0.717, 1.165) is 32.7 Å². The maximum Gasteiger partial charge on any atom is 0.0991 e. The second-order valence-corrected chi connectivity index (χ2v) is 5.83. The molecule has 1 aromatic rings. The second kappa shape index (κ2) is 7.36. The Bertz CT molecular complexity index is 425. The van der Waals surface area contributed by atoms with Crippen molar-refractivity contribution in [1.82, 2.24) is 4.90 Å². The largest absolute Gasteiger partial charge is 0.379 e. The Morgan fingerprint density at radius 1 is 1.24 bits per heavy atom. The van der Waals surface area contributed by atoms with Gasteiger partial charge in [0.25, 0.3) is 0 Å². The topological polar surface area (TPSA) is 30.9 Å². The molecule has 0 aromatic heterocycles. The molecule has 2 fully saturated rings. The Morgan fingerprint density at radius 2 is 2.10 bits per heavy atom. The van der Waals surface area contributed by atoms with Crippen LogP contribution in [0, 0.1) is 0 Å². The van der Waals surface area contributed by atoms with E-state index in [-0.39, 0.29) is 12.2 Å². The quantitative estimate of drug-likeness (QED) is 0.751. The third-order valence-corrected chi connectivity index (χ3v) is 4.59. The van der Waals surface area contributed by atoms with Gasteiger partial charge < -0.3 is 14.2 Å². The molecule has 1 heterocycles. The number of benzene rings is 1. The molecule has 0 unspecified atom stereocenters. The Labute approximate surface area is 127 Å². The average Bonchev–Trinajstić information content (AvgIpc) is 2.96. The number of fused-ring (bicyclic) bond motifs is 1. The molecular formula is C17H25NO3. The van der Waals surface area contributed by atoms with Crippen molar-refractivity contribution in [3.8, 4) is 0 Å². The molecule has 1 saturated carbocycles. The summed E-state index contributed by atoms with van der Waals surface area (Å²) in [6.07, 6.45) is 2.79. The van der Waals surface area contributed by atoms with Crippen molar-refractivity contribution in [2.24, 2.45) is 0 Å². The third-order valence-electron chi connectivity index (χ3n) is 4.59. The van der Waals surface area contributed by atoms with Crippen molar-refractivity contribution < 1.29 is 14.2 Å². The minimum Gasteiger partial charge on any atom is -0.379 e. The van der Waals surface area contributed by atoms with Gasteiger partial charge in [0.1, 0.15) is 0 Å². The van der Waals surface area contributed by atoms with Gasteiger partial charge in [-0.2, -0.15) is 0 Å². The van der Waals surface area contributed by atoms with Crippen LogP contribution in [0.4, 0.5) is 0 Å². The van der Waals surface area contributed by atoms with E-state index in [2.05, 4.69) is 29.2 Å². The molecule has 3 atom stereocenters. The van der Waals surface area contributed by atoms with Crippen LogP contribution in [0.2, 0.25) is 0 Å². The van der Waals surface area contributed by atoms with Gasteiger partial charge in [-0.3, -0.25) is 4.90 Å². The number of nitrogens with zero attached hydrogens (tertiary/aromatic N) is 1. The highest BCUT2D eigenvalue weighted by Gasteiger charge is 2.42. The van der Waals surface area contributed by atoms with Crippen LogP contribution in [0.5, 0.6) is 0 Å². The van der Waals surface area contributed by atoms with Crippen molar-refractivity contribution in [3.63, 3.8) is 0 Å². The number of ether oxygens (including phenoxy) is 3. The van der Waals surface area contributed by atoms with Gasteiger partial charge in [0, 0.05) is 26.2 Å². The molecule has 21 heavy (non-hydrogen) atoms. The van der Waals surface area contributed by atoms with Crippen molar-refractivity contribution in [1.29, 1.82) is 0 Å². The molecule has 4 heteroatoms. The highest BCUT2D eigenvalue weighted by atomic mass is 16.5. The van der Waals surface area contributed by atoms with Gasteiger partial charge in [-0.1, -0.05) is 30.3 Å². The van der Waals surface area contributed by atoms with Gasteiger partial charge in [-0.25, -0.2) is 0 Å². The standard InChI is InChI=1S/C17H25NO3/c1-19-16-8-7-15-17(16)21-12-10-18(15)9-11-20-13-14-5-3-2-4-6-14/h2-6,15-17H,7-13H2,1H3/t15-,16+,17+/m0/s1. The second-order valence-electron chi connectivity index (χ2n) is 5.83. The van der Waals surface area contributed by atoms with Crippen molar-refractivity contribution in [2.45, 2.75) is 37.7 Å². The molecule has 116 valence electrons. The zero-order chi connectivity index (χ0) is 14.5. The summed E-state index contributed by atoms with van der Waals surface area (Å²) in [5, 5.41) is 0. The smallest absolute Gasteiger partial charge is 0.0991 e. The van der Waals surface area contributed by atoms with Crippen LogP contribution in [0.3, 0.4) is 0 Å². The van der Waals surface area contributed by atoms with Gasteiger partial charge >= 0.3 is 0 Å². The molecule has 2 aliphatic rings. The minimum absolute atomic E-state index is 0.248. The lowest BCUT2D eigenvalue weighted by Gasteiger charge is -2.38. The lowest BCUT2D eigenvalue weighted by molar-refractivity contribution is -0.108. The number of methoxy groups -OCH3 is 1. The molecule has 0 N–H and O–H groups in total. The molecule has 3 rings (SSSR count). The molecule has 0 amide bonds. The van der Waals surface area contributed by atoms with Crippen LogP contribution in [0.25, 0.3) is 0 Å². The number of hydrogen-bond donors (Lipinski definition) is 0. The van der Waals surface area contributed by atoms with Gasteiger partial charge in [0.15, 0.2) is 0 Å². The first-order valence-corrected chi connectivity index (χ1v) is 7.88. The fourth-order valence-corrected chi connectivity index (χ4v) is 3.47. The zero-order valence-corrected chi connectivity index (χ0v) is 12.7. The van der Waals surface area contributed by atoms with Crippen LogP contribution < -0.4 is 0 Å². The molecule has 0 spiro atoms. The van der Waals surface area contributed by atoms with E-state index in [9.17, 15) is 0 Å². The lowest BCUT2D eigenvalue weighted by atomic mass is 10.1. The molecule has 4 nitrogen and oxygen atoms in total. The summed E-state index contributed by atoms with van der Waals surface area (Å²) < 4.78 is 17.2. The van der Waals surface area contributed by atoms with E-state index < -0.39 is 0 Å². The van der Waals surface area contributed by atoms with Gasteiger partial charge in [0.2, 0.25) is 0 Å². The summed E-state index contributed by atoms with van der Waals surface area (Å²) in [5.41, 5.74) is 1.23. The molecule has 0 radical (unpaired) electrons. The maximum atomic E-state index is 5.90. The zero-order valence-electron chi connectivity index (χ0n) is 12.7. The third kappa shape index (κ3) is 3.64. The number of rotatable bonds is 6. The normalized spacial score (nSPS) is 29.5. The van der Waals surface area contributed by atoms with E-state index in [4.69, 9.17) is 14.2 Å². The maximum absolute atomic E-state index is 5.90. The molecular weight excluding hydrogens is 266 g/mol. The van der Waals surface area contributed by atoms with Gasteiger partial charge in [-0.05, 0) is 18.4 Å². The predicted octanol–water partition coefficient (Wildman–Crippen LogP) is 2.08.